The second-order valence-corrected chi connectivity index (χ2v) is 9.82. The van der Waals surface area contributed by atoms with Gasteiger partial charge in [-0.1, -0.05) is 0 Å². The maximum absolute atomic E-state index is 12.9. The number of ether oxygens (including phenoxy) is 1. The molecular formula is C24H26F3N3O2S. The Morgan fingerprint density at radius 3 is 2.48 bits per heavy atom. The van der Waals surface area contributed by atoms with Gasteiger partial charge in [0.15, 0.2) is 0 Å². The first-order valence-corrected chi connectivity index (χ1v) is 11.8. The number of amides is 1. The Bertz CT molecular complexity index is 1100. The van der Waals surface area contributed by atoms with E-state index >= 15 is 0 Å². The molecule has 0 radical (unpaired) electrons. The van der Waals surface area contributed by atoms with E-state index in [0.29, 0.717) is 35.2 Å². The van der Waals surface area contributed by atoms with Crippen LogP contribution in [0.5, 0.6) is 5.75 Å². The van der Waals surface area contributed by atoms with Gasteiger partial charge in [-0.05, 0) is 81.3 Å². The van der Waals surface area contributed by atoms with Crippen LogP contribution in [0.4, 0.5) is 13.2 Å². The molecule has 2 aromatic heterocycles. The molecule has 0 saturated heterocycles. The van der Waals surface area contributed by atoms with E-state index in [9.17, 15) is 18.0 Å². The van der Waals surface area contributed by atoms with Crippen LogP contribution in [0.3, 0.4) is 0 Å². The van der Waals surface area contributed by atoms with Crippen molar-refractivity contribution in [2.24, 2.45) is 5.92 Å². The molecule has 2 heterocycles. The number of carbonyl (C=O) groups excluding carboxylic acids is 1. The number of hydrogen-bond acceptors (Lipinski definition) is 4. The second-order valence-electron chi connectivity index (χ2n) is 8.55. The van der Waals surface area contributed by atoms with Crippen LogP contribution in [0.25, 0.3) is 11.3 Å². The van der Waals surface area contributed by atoms with Gasteiger partial charge in [-0.2, -0.15) is 0 Å². The summed E-state index contributed by atoms with van der Waals surface area (Å²) < 4.78 is 41.1. The Kier molecular flexibility index (Phi) is 6.78. The lowest BCUT2D eigenvalue weighted by Crippen LogP contribution is -2.31. The van der Waals surface area contributed by atoms with Gasteiger partial charge in [0.05, 0.1) is 16.3 Å². The predicted octanol–water partition coefficient (Wildman–Crippen LogP) is 6.36. The number of H-pyrrole nitrogens is 1. The number of aromatic amines is 1. The van der Waals surface area contributed by atoms with E-state index < -0.39 is 6.36 Å². The van der Waals surface area contributed by atoms with Gasteiger partial charge in [0.1, 0.15) is 5.75 Å². The van der Waals surface area contributed by atoms with Crippen LogP contribution in [0.15, 0.2) is 36.5 Å². The first-order chi connectivity index (χ1) is 15.7. The van der Waals surface area contributed by atoms with Crippen molar-refractivity contribution in [3.63, 3.8) is 0 Å². The molecule has 176 valence electrons. The molecule has 5 nitrogen and oxygen atoms in total. The molecule has 0 aliphatic heterocycles. The molecule has 3 aromatic rings. The van der Waals surface area contributed by atoms with Gasteiger partial charge in [-0.25, -0.2) is 4.98 Å². The summed E-state index contributed by atoms with van der Waals surface area (Å²) in [6.07, 6.45) is 1.43. The summed E-state index contributed by atoms with van der Waals surface area (Å²) in [5.74, 6) is 0.444. The van der Waals surface area contributed by atoms with Gasteiger partial charge in [-0.15, -0.1) is 24.5 Å². The van der Waals surface area contributed by atoms with E-state index in [-0.39, 0.29) is 11.7 Å². The highest BCUT2D eigenvalue weighted by atomic mass is 32.1. The number of benzene rings is 1. The lowest BCUT2D eigenvalue weighted by molar-refractivity contribution is -0.274. The normalized spacial score (nSPS) is 18.8. The largest absolute Gasteiger partial charge is 0.573 e. The summed E-state index contributed by atoms with van der Waals surface area (Å²) in [5.41, 5.74) is 2.46. The smallest absolute Gasteiger partial charge is 0.406 e. The van der Waals surface area contributed by atoms with Crippen molar-refractivity contribution in [2.45, 2.75) is 51.8 Å². The third-order valence-corrected chi connectivity index (χ3v) is 7.04. The number of nitrogens with zero attached hydrogens (tertiary/aromatic N) is 1. The van der Waals surface area contributed by atoms with E-state index in [1.165, 1.54) is 34.2 Å². The Morgan fingerprint density at radius 2 is 1.88 bits per heavy atom. The number of aryl methyl sites for hydroxylation is 2. The van der Waals surface area contributed by atoms with Crippen molar-refractivity contribution in [1.29, 1.82) is 0 Å². The lowest BCUT2D eigenvalue weighted by Gasteiger charge is -2.27. The van der Waals surface area contributed by atoms with Gasteiger partial charge in [0, 0.05) is 29.2 Å². The maximum atomic E-state index is 12.9. The third-order valence-electron chi connectivity index (χ3n) is 5.96. The summed E-state index contributed by atoms with van der Waals surface area (Å²) in [7, 11) is 0. The average Bonchev–Trinajstić information content (AvgIpc) is 3.37. The number of hydrogen-bond donors (Lipinski definition) is 2. The fraction of sp³-hybridized carbons (Fsp3) is 0.417. The van der Waals surface area contributed by atoms with Crippen LogP contribution < -0.4 is 10.1 Å². The molecule has 1 aromatic carbocycles. The summed E-state index contributed by atoms with van der Waals surface area (Å²) in [6, 6.07) is 7.24. The first kappa shape index (κ1) is 23.4. The van der Waals surface area contributed by atoms with Crippen LogP contribution >= 0.6 is 11.3 Å². The molecule has 0 unspecified atom stereocenters. The number of rotatable bonds is 6. The standard InChI is InChI=1S/C24H26F3N3O2S/c1-14-11-20(21(30-14)17-7-9-19(10-8-17)32-24(25,26)27)22(31)28-13-16-3-5-18(6-4-16)23-29-12-15(2)33-23/h7-12,16,18,30H,3-6,13H2,1-2H3,(H,28,31). The van der Waals surface area contributed by atoms with Crippen LogP contribution in [0, 0.1) is 19.8 Å². The predicted molar refractivity (Wildman–Crippen MR) is 122 cm³/mol. The quantitative estimate of drug-likeness (QED) is 0.434. The Balaban J connectivity index is 1.36. The molecule has 1 aliphatic carbocycles. The molecule has 1 aliphatic rings. The van der Waals surface area contributed by atoms with E-state index in [1.807, 2.05) is 13.1 Å². The Hall–Kier alpha value is -2.81. The van der Waals surface area contributed by atoms with Crippen LogP contribution in [0.1, 0.15) is 57.5 Å². The van der Waals surface area contributed by atoms with Crippen molar-refractivity contribution >= 4 is 17.2 Å². The topological polar surface area (TPSA) is 67.0 Å². The maximum Gasteiger partial charge on any atom is 0.573 e. The minimum atomic E-state index is -4.74. The van der Waals surface area contributed by atoms with Gasteiger partial charge in [0.25, 0.3) is 5.91 Å². The minimum absolute atomic E-state index is 0.192. The van der Waals surface area contributed by atoms with Crippen molar-refractivity contribution in [2.75, 3.05) is 6.54 Å². The van der Waals surface area contributed by atoms with Crippen molar-refractivity contribution in [3.8, 4) is 17.0 Å². The number of aromatic nitrogens is 2. The fourth-order valence-corrected chi connectivity index (χ4v) is 5.27. The SMILES string of the molecule is Cc1cc(C(=O)NCC2CCC(c3ncc(C)s3)CC2)c(-c2ccc(OC(F)(F)F)cc2)[nH]1. The summed E-state index contributed by atoms with van der Waals surface area (Å²) in [5, 5.41) is 4.26. The highest BCUT2D eigenvalue weighted by Crippen LogP contribution is 2.37. The lowest BCUT2D eigenvalue weighted by atomic mass is 9.82. The molecular weight excluding hydrogens is 451 g/mol. The minimum Gasteiger partial charge on any atom is -0.406 e. The summed E-state index contributed by atoms with van der Waals surface area (Å²) in [4.78, 5) is 21.8. The van der Waals surface area contributed by atoms with Crippen molar-refractivity contribution in [3.05, 3.63) is 57.7 Å². The Morgan fingerprint density at radius 1 is 1.18 bits per heavy atom. The number of halogens is 3. The van der Waals surface area contributed by atoms with Crippen molar-refractivity contribution < 1.29 is 22.7 Å². The number of nitrogens with one attached hydrogen (secondary N) is 2. The van der Waals surface area contributed by atoms with Gasteiger partial charge >= 0.3 is 6.36 Å². The molecule has 1 saturated carbocycles. The molecule has 0 bridgehead atoms. The molecule has 33 heavy (non-hydrogen) atoms. The van der Waals surface area contributed by atoms with E-state index in [2.05, 4.69) is 26.9 Å². The third kappa shape index (κ3) is 5.96. The highest BCUT2D eigenvalue weighted by molar-refractivity contribution is 7.11. The monoisotopic (exact) mass is 477 g/mol. The molecule has 9 heteroatoms. The van der Waals surface area contributed by atoms with Crippen molar-refractivity contribution in [1.82, 2.24) is 15.3 Å². The Labute approximate surface area is 194 Å². The zero-order valence-corrected chi connectivity index (χ0v) is 19.3. The zero-order valence-electron chi connectivity index (χ0n) is 18.5. The molecule has 1 amide bonds. The molecule has 2 N–H and O–H groups in total. The summed E-state index contributed by atoms with van der Waals surface area (Å²) >= 11 is 1.77. The van der Waals surface area contributed by atoms with E-state index in [4.69, 9.17) is 0 Å². The van der Waals surface area contributed by atoms with Crippen LogP contribution in [-0.2, 0) is 0 Å². The zero-order chi connectivity index (χ0) is 23.6. The molecule has 4 rings (SSSR count). The van der Waals surface area contributed by atoms with Crippen LogP contribution in [-0.4, -0.2) is 28.8 Å². The molecule has 0 atom stereocenters. The van der Waals surface area contributed by atoms with Gasteiger partial charge in [-0.3, -0.25) is 4.79 Å². The fourth-order valence-electron chi connectivity index (χ4n) is 4.33. The number of carbonyl (C=O) groups is 1. The summed E-state index contributed by atoms with van der Waals surface area (Å²) in [6.45, 7) is 4.51. The van der Waals surface area contributed by atoms with E-state index in [1.54, 1.807) is 17.4 Å². The number of thiazole rings is 1. The second kappa shape index (κ2) is 9.59. The highest BCUT2D eigenvalue weighted by Gasteiger charge is 2.31. The average molecular weight is 478 g/mol. The van der Waals surface area contributed by atoms with E-state index in [0.717, 1.165) is 31.4 Å². The number of alkyl halides is 3. The molecule has 1 fully saturated rings. The molecule has 0 spiro atoms. The van der Waals surface area contributed by atoms with Gasteiger partial charge in [0.2, 0.25) is 0 Å². The first-order valence-electron chi connectivity index (χ1n) is 10.9. The van der Waals surface area contributed by atoms with Gasteiger partial charge < -0.3 is 15.0 Å². The van der Waals surface area contributed by atoms with Crippen LogP contribution in [0.2, 0.25) is 0 Å².